The van der Waals surface area contributed by atoms with Gasteiger partial charge in [-0.25, -0.2) is 0 Å². The van der Waals surface area contributed by atoms with E-state index in [1.54, 1.807) is 27.7 Å². The Morgan fingerprint density at radius 2 is 1.62 bits per heavy atom. The summed E-state index contributed by atoms with van der Waals surface area (Å²) in [6.45, 7) is 9.12. The molecule has 0 aromatic carbocycles. The van der Waals surface area contributed by atoms with E-state index < -0.39 is 41.6 Å². The molecule has 0 heterocycles. The minimum absolute atomic E-state index is 0.160. The standard InChI is InChI=1S/C14H25NO6/c1-8(12(15)13(18)21-14(4,5)6)11(20-10(3)17)7-19-9(2)16/h8,11-12H,7,15H2,1-6H3. The van der Waals surface area contributed by atoms with Crippen molar-refractivity contribution in [3.8, 4) is 0 Å². The van der Waals surface area contributed by atoms with E-state index in [2.05, 4.69) is 0 Å². The lowest BCUT2D eigenvalue weighted by molar-refractivity contribution is -0.166. The molecule has 3 unspecified atom stereocenters. The van der Waals surface area contributed by atoms with Crippen LogP contribution in [-0.4, -0.2) is 42.3 Å². The van der Waals surface area contributed by atoms with Crippen LogP contribution in [-0.2, 0) is 28.6 Å². The van der Waals surface area contributed by atoms with Crippen molar-refractivity contribution in [2.24, 2.45) is 11.7 Å². The first kappa shape index (κ1) is 19.4. The Morgan fingerprint density at radius 3 is 2.00 bits per heavy atom. The first-order valence-electron chi connectivity index (χ1n) is 6.73. The van der Waals surface area contributed by atoms with Gasteiger partial charge in [-0.3, -0.25) is 14.4 Å². The molecule has 0 aromatic heterocycles. The van der Waals surface area contributed by atoms with Gasteiger partial charge in [-0.15, -0.1) is 0 Å². The normalized spacial score (nSPS) is 15.6. The monoisotopic (exact) mass is 303 g/mol. The number of carbonyl (C=O) groups is 3. The second-order valence-corrected chi connectivity index (χ2v) is 5.87. The zero-order valence-corrected chi connectivity index (χ0v) is 13.5. The van der Waals surface area contributed by atoms with Crippen LogP contribution in [0.5, 0.6) is 0 Å². The van der Waals surface area contributed by atoms with Gasteiger partial charge in [-0.2, -0.15) is 0 Å². The Bertz CT molecular complexity index is 387. The Balaban J connectivity index is 4.83. The molecule has 0 amide bonds. The maximum atomic E-state index is 11.9. The number of hydrogen-bond acceptors (Lipinski definition) is 7. The van der Waals surface area contributed by atoms with Crippen LogP contribution in [0.2, 0.25) is 0 Å². The molecule has 122 valence electrons. The second-order valence-electron chi connectivity index (χ2n) is 5.87. The van der Waals surface area contributed by atoms with Crippen LogP contribution in [0.4, 0.5) is 0 Å². The summed E-state index contributed by atoms with van der Waals surface area (Å²) in [5, 5.41) is 0. The van der Waals surface area contributed by atoms with E-state index in [-0.39, 0.29) is 6.61 Å². The highest BCUT2D eigenvalue weighted by Gasteiger charge is 2.33. The molecule has 0 saturated carbocycles. The lowest BCUT2D eigenvalue weighted by atomic mass is 9.96. The molecule has 0 radical (unpaired) electrons. The summed E-state index contributed by atoms with van der Waals surface area (Å²) < 4.78 is 15.1. The number of carbonyl (C=O) groups excluding carboxylic acids is 3. The first-order valence-corrected chi connectivity index (χ1v) is 6.73. The van der Waals surface area contributed by atoms with Gasteiger partial charge in [-0.05, 0) is 20.8 Å². The summed E-state index contributed by atoms with van der Waals surface area (Å²) in [6, 6.07) is -0.996. The van der Waals surface area contributed by atoms with Gasteiger partial charge in [0, 0.05) is 19.8 Å². The van der Waals surface area contributed by atoms with E-state index in [4.69, 9.17) is 19.9 Å². The smallest absolute Gasteiger partial charge is 0.323 e. The zero-order chi connectivity index (χ0) is 16.8. The molecule has 7 nitrogen and oxygen atoms in total. The fourth-order valence-corrected chi connectivity index (χ4v) is 1.52. The van der Waals surface area contributed by atoms with Gasteiger partial charge in [0.15, 0.2) is 0 Å². The largest absolute Gasteiger partial charge is 0.462 e. The molecular weight excluding hydrogens is 278 g/mol. The second kappa shape index (κ2) is 7.97. The van der Waals surface area contributed by atoms with Gasteiger partial charge >= 0.3 is 17.9 Å². The number of nitrogens with two attached hydrogens (primary N) is 1. The SMILES string of the molecule is CC(=O)OCC(OC(C)=O)C(C)C(N)C(=O)OC(C)(C)C. The molecule has 3 atom stereocenters. The van der Waals surface area contributed by atoms with Crippen molar-refractivity contribution in [2.75, 3.05) is 6.61 Å². The lowest BCUT2D eigenvalue weighted by Gasteiger charge is -2.29. The third-order valence-electron chi connectivity index (χ3n) is 2.60. The van der Waals surface area contributed by atoms with Crippen LogP contribution in [0.1, 0.15) is 41.5 Å². The Kier molecular flexibility index (Phi) is 7.35. The van der Waals surface area contributed by atoms with Crippen molar-refractivity contribution in [1.82, 2.24) is 0 Å². The predicted octanol–water partition coefficient (Wildman–Crippen LogP) is 0.786. The fourth-order valence-electron chi connectivity index (χ4n) is 1.52. The maximum absolute atomic E-state index is 11.9. The molecule has 2 N–H and O–H groups in total. The van der Waals surface area contributed by atoms with Crippen LogP contribution in [0.3, 0.4) is 0 Å². The van der Waals surface area contributed by atoms with Crippen molar-refractivity contribution in [3.63, 3.8) is 0 Å². The van der Waals surface area contributed by atoms with Gasteiger partial charge in [0.1, 0.15) is 24.4 Å². The average Bonchev–Trinajstić information content (AvgIpc) is 2.29. The van der Waals surface area contributed by atoms with E-state index >= 15 is 0 Å². The highest BCUT2D eigenvalue weighted by molar-refractivity contribution is 5.76. The van der Waals surface area contributed by atoms with E-state index in [0.29, 0.717) is 0 Å². The van der Waals surface area contributed by atoms with Gasteiger partial charge in [0.2, 0.25) is 0 Å². The summed E-state index contributed by atoms with van der Waals surface area (Å²) in [4.78, 5) is 33.9. The molecule has 0 spiro atoms. The highest BCUT2D eigenvalue weighted by atomic mass is 16.6. The summed E-state index contributed by atoms with van der Waals surface area (Å²) in [5.74, 6) is -2.22. The molecule has 7 heteroatoms. The number of rotatable bonds is 6. The summed E-state index contributed by atoms with van der Waals surface area (Å²) in [6.07, 6.45) is -0.811. The van der Waals surface area contributed by atoms with Crippen LogP contribution >= 0.6 is 0 Å². The molecule has 0 saturated heterocycles. The minimum Gasteiger partial charge on any atom is -0.462 e. The fraction of sp³-hybridized carbons (Fsp3) is 0.786. The van der Waals surface area contributed by atoms with E-state index in [1.165, 1.54) is 13.8 Å². The molecule has 0 fully saturated rings. The molecule has 21 heavy (non-hydrogen) atoms. The third kappa shape index (κ3) is 8.29. The van der Waals surface area contributed by atoms with Crippen LogP contribution < -0.4 is 5.73 Å². The zero-order valence-electron chi connectivity index (χ0n) is 13.5. The highest BCUT2D eigenvalue weighted by Crippen LogP contribution is 2.16. The molecule has 0 rings (SSSR count). The maximum Gasteiger partial charge on any atom is 0.323 e. The van der Waals surface area contributed by atoms with Crippen LogP contribution in [0.15, 0.2) is 0 Å². The van der Waals surface area contributed by atoms with Gasteiger partial charge < -0.3 is 19.9 Å². The van der Waals surface area contributed by atoms with Crippen molar-refractivity contribution in [1.29, 1.82) is 0 Å². The van der Waals surface area contributed by atoms with E-state index in [1.807, 2.05) is 0 Å². The first-order chi connectivity index (χ1) is 9.44. The molecule has 0 aliphatic heterocycles. The van der Waals surface area contributed by atoms with Crippen molar-refractivity contribution < 1.29 is 28.6 Å². The Morgan fingerprint density at radius 1 is 1.10 bits per heavy atom. The van der Waals surface area contributed by atoms with E-state index in [9.17, 15) is 14.4 Å². The number of hydrogen-bond donors (Lipinski definition) is 1. The Labute approximate surface area is 125 Å². The topological polar surface area (TPSA) is 105 Å². The van der Waals surface area contributed by atoms with Crippen molar-refractivity contribution in [2.45, 2.75) is 59.3 Å². The Hall–Kier alpha value is -1.63. The quantitative estimate of drug-likeness (QED) is 0.571. The van der Waals surface area contributed by atoms with Gasteiger partial charge in [-0.1, -0.05) is 6.92 Å². The molecule has 0 aromatic rings. The molecule has 0 bridgehead atoms. The molecular formula is C14H25NO6. The minimum atomic E-state index is -0.996. The van der Waals surface area contributed by atoms with Crippen molar-refractivity contribution in [3.05, 3.63) is 0 Å². The lowest BCUT2D eigenvalue weighted by Crippen LogP contribution is -2.47. The number of esters is 3. The molecule has 0 aliphatic rings. The summed E-state index contributed by atoms with van der Waals surface area (Å²) in [5.41, 5.74) is 5.18. The summed E-state index contributed by atoms with van der Waals surface area (Å²) >= 11 is 0. The van der Waals surface area contributed by atoms with Crippen LogP contribution in [0, 0.1) is 5.92 Å². The number of ether oxygens (including phenoxy) is 3. The van der Waals surface area contributed by atoms with Crippen molar-refractivity contribution >= 4 is 17.9 Å². The van der Waals surface area contributed by atoms with Gasteiger partial charge in [0.25, 0.3) is 0 Å². The third-order valence-corrected chi connectivity index (χ3v) is 2.60. The predicted molar refractivity (Wildman–Crippen MR) is 75.2 cm³/mol. The molecule has 0 aliphatic carbocycles. The van der Waals surface area contributed by atoms with Crippen LogP contribution in [0.25, 0.3) is 0 Å². The van der Waals surface area contributed by atoms with E-state index in [0.717, 1.165) is 0 Å². The average molecular weight is 303 g/mol. The summed E-state index contributed by atoms with van der Waals surface area (Å²) in [7, 11) is 0. The van der Waals surface area contributed by atoms with Gasteiger partial charge in [0.05, 0.1) is 0 Å².